The Kier molecular flexibility index (Phi) is 7.87. The van der Waals surface area contributed by atoms with Crippen molar-refractivity contribution in [3.8, 4) is 0 Å². The molecule has 0 radical (unpaired) electrons. The molecule has 0 spiro atoms. The summed E-state index contributed by atoms with van der Waals surface area (Å²) >= 11 is 0. The highest BCUT2D eigenvalue weighted by Gasteiger charge is 2.18. The third-order valence-corrected chi connectivity index (χ3v) is 3.52. The Hall–Kier alpha value is -0.0800. The summed E-state index contributed by atoms with van der Waals surface area (Å²) in [5, 5.41) is 9.21. The van der Waals surface area contributed by atoms with E-state index in [-0.39, 0.29) is 12.7 Å². The monoisotopic (exact) mass is 228 g/mol. The molecule has 0 aromatic carbocycles. The minimum absolute atomic E-state index is 0.108. The van der Waals surface area contributed by atoms with Crippen molar-refractivity contribution in [2.45, 2.75) is 83.3 Å². The number of aliphatic hydroxyl groups excluding tert-OH is 1. The molecule has 0 bridgehead atoms. The number of unbranched alkanes of at least 4 members (excludes halogenated alkanes) is 3. The van der Waals surface area contributed by atoms with Gasteiger partial charge in [0.25, 0.3) is 0 Å². The topological polar surface area (TPSA) is 29.5 Å². The number of ether oxygens (including phenoxy) is 1. The summed E-state index contributed by atoms with van der Waals surface area (Å²) in [6.45, 7) is 2.44. The molecule has 1 N–H and O–H groups in total. The van der Waals surface area contributed by atoms with Gasteiger partial charge in [-0.2, -0.15) is 0 Å². The van der Waals surface area contributed by atoms with Crippen LogP contribution >= 0.6 is 0 Å². The van der Waals surface area contributed by atoms with Crippen LogP contribution in [0.1, 0.15) is 71.1 Å². The van der Waals surface area contributed by atoms with Crippen molar-refractivity contribution >= 4 is 0 Å². The molecule has 0 amide bonds. The molecule has 1 rings (SSSR count). The zero-order valence-electron chi connectivity index (χ0n) is 10.8. The summed E-state index contributed by atoms with van der Waals surface area (Å²) in [4.78, 5) is 0. The van der Waals surface area contributed by atoms with Crippen LogP contribution in [0.2, 0.25) is 0 Å². The van der Waals surface area contributed by atoms with Crippen molar-refractivity contribution < 1.29 is 9.84 Å². The van der Waals surface area contributed by atoms with Crippen LogP contribution in [0.4, 0.5) is 0 Å². The average Bonchev–Trinajstić information content (AvgIpc) is 2.27. The van der Waals surface area contributed by atoms with E-state index < -0.39 is 0 Å². The molecule has 1 saturated heterocycles. The average molecular weight is 228 g/mol. The van der Waals surface area contributed by atoms with Gasteiger partial charge in [0.05, 0.1) is 18.8 Å². The molecule has 16 heavy (non-hydrogen) atoms. The molecule has 0 unspecified atom stereocenters. The highest BCUT2D eigenvalue weighted by atomic mass is 16.5. The third-order valence-electron chi connectivity index (χ3n) is 3.52. The number of rotatable bonds is 6. The van der Waals surface area contributed by atoms with E-state index in [1.54, 1.807) is 0 Å². The van der Waals surface area contributed by atoms with E-state index in [0.717, 1.165) is 6.42 Å². The first-order valence-corrected chi connectivity index (χ1v) is 7.13. The Balaban J connectivity index is 2.20. The van der Waals surface area contributed by atoms with Crippen molar-refractivity contribution in [2.24, 2.45) is 0 Å². The molecule has 1 aliphatic rings. The smallest absolute Gasteiger partial charge is 0.0809 e. The zero-order valence-corrected chi connectivity index (χ0v) is 10.8. The Bertz CT molecular complexity index is 159. The number of hydrogen-bond donors (Lipinski definition) is 1. The van der Waals surface area contributed by atoms with Crippen LogP contribution in [0, 0.1) is 0 Å². The molecule has 0 aromatic heterocycles. The maximum Gasteiger partial charge on any atom is 0.0809 e. The Morgan fingerprint density at radius 1 is 1.00 bits per heavy atom. The van der Waals surface area contributed by atoms with Crippen molar-refractivity contribution in [2.75, 3.05) is 6.61 Å². The molecule has 2 nitrogen and oxygen atoms in total. The Morgan fingerprint density at radius 3 is 2.44 bits per heavy atom. The lowest BCUT2D eigenvalue weighted by molar-refractivity contribution is -0.0574. The summed E-state index contributed by atoms with van der Waals surface area (Å²) in [5.74, 6) is 0. The maximum atomic E-state index is 9.21. The molecule has 0 aromatic rings. The lowest BCUT2D eigenvalue weighted by Gasteiger charge is -2.26. The first kappa shape index (κ1) is 14.0. The number of hydrogen-bond acceptors (Lipinski definition) is 2. The van der Waals surface area contributed by atoms with Gasteiger partial charge in [-0.15, -0.1) is 0 Å². The molecule has 0 saturated carbocycles. The molecule has 2 atom stereocenters. The highest BCUT2D eigenvalue weighted by molar-refractivity contribution is 4.67. The summed E-state index contributed by atoms with van der Waals surface area (Å²) in [5.41, 5.74) is 0. The molecule has 0 aliphatic carbocycles. The predicted molar refractivity (Wildman–Crippen MR) is 67.6 cm³/mol. The lowest BCUT2D eigenvalue weighted by Crippen LogP contribution is -2.27. The van der Waals surface area contributed by atoms with Gasteiger partial charge < -0.3 is 9.84 Å². The second-order valence-electron chi connectivity index (χ2n) is 5.05. The van der Waals surface area contributed by atoms with Crippen molar-refractivity contribution in [1.82, 2.24) is 0 Å². The van der Waals surface area contributed by atoms with E-state index in [4.69, 9.17) is 4.74 Å². The van der Waals surface area contributed by atoms with Gasteiger partial charge in [0.2, 0.25) is 0 Å². The van der Waals surface area contributed by atoms with Crippen LogP contribution < -0.4 is 0 Å². The fourth-order valence-electron chi connectivity index (χ4n) is 2.47. The molecule has 96 valence electrons. The van der Waals surface area contributed by atoms with Gasteiger partial charge in [-0.25, -0.2) is 0 Å². The maximum absolute atomic E-state index is 9.21. The first-order chi connectivity index (χ1) is 7.86. The molecular formula is C14H28O2. The second kappa shape index (κ2) is 9.00. The predicted octanol–water partition coefficient (Wildman–Crippen LogP) is 3.67. The molecule has 2 heteroatoms. The molecular weight excluding hydrogens is 200 g/mol. The van der Waals surface area contributed by atoms with Gasteiger partial charge in [0.1, 0.15) is 0 Å². The Labute approximate surface area is 100 Å². The van der Waals surface area contributed by atoms with Gasteiger partial charge in [-0.1, -0.05) is 51.9 Å². The lowest BCUT2D eigenvalue weighted by atomic mass is 10.00. The Morgan fingerprint density at radius 2 is 1.75 bits per heavy atom. The van der Waals surface area contributed by atoms with E-state index in [9.17, 15) is 5.11 Å². The second-order valence-corrected chi connectivity index (χ2v) is 5.05. The normalized spacial score (nSPS) is 27.4. The van der Waals surface area contributed by atoms with Crippen LogP contribution in [-0.4, -0.2) is 23.9 Å². The highest BCUT2D eigenvalue weighted by Crippen LogP contribution is 2.21. The van der Waals surface area contributed by atoms with Gasteiger partial charge in [0, 0.05) is 0 Å². The van der Waals surface area contributed by atoms with Crippen LogP contribution in [-0.2, 0) is 4.74 Å². The van der Waals surface area contributed by atoms with Gasteiger partial charge in [-0.3, -0.25) is 0 Å². The van der Waals surface area contributed by atoms with Crippen LogP contribution in [0.3, 0.4) is 0 Å². The van der Waals surface area contributed by atoms with E-state index in [0.29, 0.717) is 6.10 Å². The van der Waals surface area contributed by atoms with Gasteiger partial charge in [-0.05, 0) is 19.3 Å². The van der Waals surface area contributed by atoms with E-state index in [1.165, 1.54) is 57.8 Å². The van der Waals surface area contributed by atoms with Crippen LogP contribution in [0.5, 0.6) is 0 Å². The van der Waals surface area contributed by atoms with Crippen molar-refractivity contribution in [3.63, 3.8) is 0 Å². The first-order valence-electron chi connectivity index (χ1n) is 7.13. The summed E-state index contributed by atoms with van der Waals surface area (Å²) in [6, 6.07) is 0. The minimum atomic E-state index is 0.108. The zero-order chi connectivity index (χ0) is 11.6. The fraction of sp³-hybridized carbons (Fsp3) is 1.00. The summed E-state index contributed by atoms with van der Waals surface area (Å²) in [7, 11) is 0. The summed E-state index contributed by atoms with van der Waals surface area (Å²) < 4.78 is 5.97. The summed E-state index contributed by atoms with van der Waals surface area (Å²) in [6.07, 6.45) is 13.0. The van der Waals surface area contributed by atoms with Gasteiger partial charge in [0.15, 0.2) is 0 Å². The van der Waals surface area contributed by atoms with Crippen LogP contribution in [0.25, 0.3) is 0 Å². The molecule has 1 fully saturated rings. The van der Waals surface area contributed by atoms with Crippen molar-refractivity contribution in [1.29, 1.82) is 0 Å². The van der Waals surface area contributed by atoms with Crippen molar-refractivity contribution in [3.05, 3.63) is 0 Å². The van der Waals surface area contributed by atoms with E-state index in [2.05, 4.69) is 6.92 Å². The van der Waals surface area contributed by atoms with E-state index >= 15 is 0 Å². The quantitative estimate of drug-likeness (QED) is 0.703. The van der Waals surface area contributed by atoms with E-state index in [1.807, 2.05) is 0 Å². The van der Waals surface area contributed by atoms with Crippen LogP contribution in [0.15, 0.2) is 0 Å². The SMILES string of the molecule is CCCCCC[C@H]1CCCCC[C@@H](CO)O1. The molecule has 1 heterocycles. The largest absolute Gasteiger partial charge is 0.394 e. The standard InChI is InChI=1S/C14H28O2/c1-2-3-4-6-9-13-10-7-5-8-11-14(12-15)16-13/h13-15H,2-12H2,1H3/t13-,14-/m0/s1. The number of aliphatic hydroxyl groups is 1. The minimum Gasteiger partial charge on any atom is -0.394 e. The third kappa shape index (κ3) is 5.86. The van der Waals surface area contributed by atoms with Gasteiger partial charge >= 0.3 is 0 Å². The fourth-order valence-corrected chi connectivity index (χ4v) is 2.47. The molecule has 1 aliphatic heterocycles.